The standard InChI is InChI=1S/C23H26N2O5/c1-3-28-20-11-16-10-15(2)30-21(16)12-17(20)13-24-22(26)8-9-25-18-6-4-5-7-19(18)29-14-23(25)27/h4-7,11-12,15H,3,8-10,13-14H2,1-2H3,(H,24,26)/t15-/m1/s1. The van der Waals surface area contributed by atoms with Gasteiger partial charge in [0, 0.05) is 37.1 Å². The topological polar surface area (TPSA) is 77.1 Å². The molecule has 0 spiro atoms. The number of nitrogens with one attached hydrogen (secondary N) is 1. The summed E-state index contributed by atoms with van der Waals surface area (Å²) in [6.07, 6.45) is 1.20. The molecule has 2 heterocycles. The molecule has 1 N–H and O–H groups in total. The maximum absolute atomic E-state index is 12.5. The number of benzene rings is 2. The van der Waals surface area contributed by atoms with Crippen molar-refractivity contribution < 1.29 is 23.8 Å². The molecule has 30 heavy (non-hydrogen) atoms. The molecular formula is C23H26N2O5. The first-order valence-electron chi connectivity index (χ1n) is 10.3. The third-order valence-corrected chi connectivity index (χ3v) is 5.23. The molecule has 0 aromatic heterocycles. The van der Waals surface area contributed by atoms with Gasteiger partial charge in [0.15, 0.2) is 6.61 Å². The third-order valence-electron chi connectivity index (χ3n) is 5.23. The van der Waals surface area contributed by atoms with Gasteiger partial charge in [0.2, 0.25) is 5.91 Å². The fourth-order valence-electron chi connectivity index (χ4n) is 3.80. The van der Waals surface area contributed by atoms with Gasteiger partial charge < -0.3 is 24.4 Å². The number of hydrogen-bond donors (Lipinski definition) is 1. The van der Waals surface area contributed by atoms with Crippen molar-refractivity contribution >= 4 is 17.5 Å². The molecule has 2 amide bonds. The molecule has 0 aliphatic carbocycles. The average molecular weight is 410 g/mol. The zero-order valence-electron chi connectivity index (χ0n) is 17.3. The number of para-hydroxylation sites is 2. The van der Waals surface area contributed by atoms with E-state index >= 15 is 0 Å². The van der Waals surface area contributed by atoms with Crippen molar-refractivity contribution in [3.8, 4) is 17.2 Å². The van der Waals surface area contributed by atoms with Crippen LogP contribution in [0.5, 0.6) is 17.2 Å². The normalized spacial score (nSPS) is 16.9. The first-order chi connectivity index (χ1) is 14.5. The number of anilines is 1. The first-order valence-corrected chi connectivity index (χ1v) is 10.3. The number of rotatable bonds is 7. The lowest BCUT2D eigenvalue weighted by atomic mass is 10.1. The summed E-state index contributed by atoms with van der Waals surface area (Å²) in [5, 5.41) is 2.93. The Kier molecular flexibility index (Phi) is 5.79. The second-order valence-corrected chi connectivity index (χ2v) is 7.46. The smallest absolute Gasteiger partial charge is 0.265 e. The van der Waals surface area contributed by atoms with Crippen molar-refractivity contribution in [2.75, 3.05) is 24.7 Å². The highest BCUT2D eigenvalue weighted by Crippen LogP contribution is 2.35. The first kappa shape index (κ1) is 20.1. The van der Waals surface area contributed by atoms with E-state index in [9.17, 15) is 9.59 Å². The maximum Gasteiger partial charge on any atom is 0.265 e. The quantitative estimate of drug-likeness (QED) is 0.760. The van der Waals surface area contributed by atoms with Crippen molar-refractivity contribution in [3.05, 3.63) is 47.5 Å². The van der Waals surface area contributed by atoms with E-state index in [0.29, 0.717) is 31.1 Å². The molecule has 0 radical (unpaired) electrons. The number of carbonyl (C=O) groups is 2. The summed E-state index contributed by atoms with van der Waals surface area (Å²) in [6.45, 7) is 5.15. The van der Waals surface area contributed by atoms with E-state index in [0.717, 1.165) is 29.0 Å². The zero-order valence-corrected chi connectivity index (χ0v) is 17.3. The predicted molar refractivity (Wildman–Crippen MR) is 112 cm³/mol. The van der Waals surface area contributed by atoms with Gasteiger partial charge in [0.1, 0.15) is 23.4 Å². The highest BCUT2D eigenvalue weighted by molar-refractivity contribution is 5.98. The minimum atomic E-state index is -0.148. The van der Waals surface area contributed by atoms with E-state index in [-0.39, 0.29) is 30.9 Å². The van der Waals surface area contributed by atoms with Crippen LogP contribution in [0.25, 0.3) is 0 Å². The summed E-state index contributed by atoms with van der Waals surface area (Å²) < 4.78 is 17.0. The van der Waals surface area contributed by atoms with Crippen LogP contribution < -0.4 is 24.4 Å². The number of amides is 2. The number of carbonyl (C=O) groups excluding carboxylic acids is 2. The molecule has 2 aliphatic heterocycles. The molecule has 0 saturated carbocycles. The number of hydrogen-bond acceptors (Lipinski definition) is 5. The van der Waals surface area contributed by atoms with Crippen molar-refractivity contribution in [1.29, 1.82) is 0 Å². The molecule has 0 unspecified atom stereocenters. The second-order valence-electron chi connectivity index (χ2n) is 7.46. The molecule has 0 saturated heterocycles. The van der Waals surface area contributed by atoms with Gasteiger partial charge in [0.05, 0.1) is 12.3 Å². The Morgan fingerprint density at radius 1 is 1.27 bits per heavy atom. The molecule has 158 valence electrons. The van der Waals surface area contributed by atoms with Gasteiger partial charge in [0.25, 0.3) is 5.91 Å². The number of nitrogens with zero attached hydrogens (tertiary/aromatic N) is 1. The van der Waals surface area contributed by atoms with Gasteiger partial charge in [-0.2, -0.15) is 0 Å². The zero-order chi connectivity index (χ0) is 21.1. The van der Waals surface area contributed by atoms with Gasteiger partial charge >= 0.3 is 0 Å². The molecule has 7 heteroatoms. The minimum absolute atomic E-state index is 0.0100. The number of ether oxygens (including phenoxy) is 3. The van der Waals surface area contributed by atoms with Gasteiger partial charge in [-0.15, -0.1) is 0 Å². The summed E-state index contributed by atoms with van der Waals surface area (Å²) in [5.41, 5.74) is 2.71. The summed E-state index contributed by atoms with van der Waals surface area (Å²) in [6, 6.07) is 11.3. The summed E-state index contributed by atoms with van der Waals surface area (Å²) in [4.78, 5) is 26.3. The minimum Gasteiger partial charge on any atom is -0.494 e. The Labute approximate surface area is 175 Å². The molecule has 2 aromatic carbocycles. The molecule has 7 nitrogen and oxygen atoms in total. The van der Waals surface area contributed by atoms with Gasteiger partial charge in [-0.25, -0.2) is 0 Å². The predicted octanol–water partition coefficient (Wildman–Crippen LogP) is 2.84. The Morgan fingerprint density at radius 3 is 2.93 bits per heavy atom. The number of fused-ring (bicyclic) bond motifs is 2. The summed E-state index contributed by atoms with van der Waals surface area (Å²) >= 11 is 0. The Morgan fingerprint density at radius 2 is 2.10 bits per heavy atom. The van der Waals surface area contributed by atoms with Crippen LogP contribution in [0.4, 0.5) is 5.69 Å². The molecule has 2 aliphatic rings. The van der Waals surface area contributed by atoms with Crippen LogP contribution in [0.1, 0.15) is 31.4 Å². The van der Waals surface area contributed by atoms with E-state index in [4.69, 9.17) is 14.2 Å². The Balaban J connectivity index is 1.38. The molecule has 0 bridgehead atoms. The van der Waals surface area contributed by atoms with E-state index in [1.165, 1.54) is 0 Å². The van der Waals surface area contributed by atoms with Crippen molar-refractivity contribution in [2.24, 2.45) is 0 Å². The van der Waals surface area contributed by atoms with Crippen LogP contribution in [0, 0.1) is 0 Å². The fourth-order valence-corrected chi connectivity index (χ4v) is 3.80. The highest BCUT2D eigenvalue weighted by Gasteiger charge is 2.26. The van der Waals surface area contributed by atoms with Crippen LogP contribution in [0.15, 0.2) is 36.4 Å². The SMILES string of the molecule is CCOc1cc2c(cc1CNC(=O)CCN1C(=O)COc3ccccc31)O[C@H](C)C2. The lowest BCUT2D eigenvalue weighted by Gasteiger charge is -2.29. The van der Waals surface area contributed by atoms with Gasteiger partial charge in [-0.05, 0) is 38.1 Å². The second kappa shape index (κ2) is 8.65. The Hall–Kier alpha value is -3.22. The van der Waals surface area contributed by atoms with Crippen LogP contribution in [-0.2, 0) is 22.6 Å². The van der Waals surface area contributed by atoms with Crippen molar-refractivity contribution in [2.45, 2.75) is 39.3 Å². The lowest BCUT2D eigenvalue weighted by Crippen LogP contribution is -2.41. The van der Waals surface area contributed by atoms with Crippen LogP contribution >= 0.6 is 0 Å². The largest absolute Gasteiger partial charge is 0.494 e. The molecular weight excluding hydrogens is 384 g/mol. The molecule has 0 fully saturated rings. The van der Waals surface area contributed by atoms with Gasteiger partial charge in [-0.3, -0.25) is 9.59 Å². The van der Waals surface area contributed by atoms with E-state index < -0.39 is 0 Å². The van der Waals surface area contributed by atoms with E-state index in [1.807, 2.05) is 50.2 Å². The average Bonchev–Trinajstić information content (AvgIpc) is 3.10. The van der Waals surface area contributed by atoms with E-state index in [1.54, 1.807) is 4.90 Å². The van der Waals surface area contributed by atoms with Crippen molar-refractivity contribution in [1.82, 2.24) is 5.32 Å². The summed E-state index contributed by atoms with van der Waals surface area (Å²) in [7, 11) is 0. The fraction of sp³-hybridized carbons (Fsp3) is 0.391. The monoisotopic (exact) mass is 410 g/mol. The van der Waals surface area contributed by atoms with Crippen LogP contribution in [-0.4, -0.2) is 37.7 Å². The lowest BCUT2D eigenvalue weighted by molar-refractivity contribution is -0.122. The highest BCUT2D eigenvalue weighted by atomic mass is 16.5. The Bertz CT molecular complexity index is 959. The third kappa shape index (κ3) is 4.20. The molecule has 2 aromatic rings. The van der Waals surface area contributed by atoms with Crippen LogP contribution in [0.2, 0.25) is 0 Å². The summed E-state index contributed by atoms with van der Waals surface area (Å²) in [5.74, 6) is 2.00. The molecule has 1 atom stereocenters. The van der Waals surface area contributed by atoms with Gasteiger partial charge in [-0.1, -0.05) is 12.1 Å². The molecule has 4 rings (SSSR count). The van der Waals surface area contributed by atoms with Crippen LogP contribution in [0.3, 0.4) is 0 Å². The van der Waals surface area contributed by atoms with Crippen molar-refractivity contribution in [3.63, 3.8) is 0 Å². The maximum atomic E-state index is 12.5. The van der Waals surface area contributed by atoms with E-state index in [2.05, 4.69) is 5.32 Å².